The molecule has 1 unspecified atom stereocenters. The normalized spacial score (nSPS) is 22.8. The summed E-state index contributed by atoms with van der Waals surface area (Å²) in [4.78, 5) is 18.2. The minimum Gasteiger partial charge on any atom is -0.480 e. The fourth-order valence-corrected chi connectivity index (χ4v) is 2.22. The number of carboxylic acid groups (broad SMARTS) is 1. The van der Waals surface area contributed by atoms with Crippen molar-refractivity contribution in [2.24, 2.45) is 4.99 Å². The number of hydrogen-bond acceptors (Lipinski definition) is 2. The van der Waals surface area contributed by atoms with Gasteiger partial charge in [-0.25, -0.2) is 4.79 Å². The molecule has 0 saturated heterocycles. The van der Waals surface area contributed by atoms with Crippen LogP contribution in [0.5, 0.6) is 0 Å². The first-order valence-electron chi connectivity index (χ1n) is 4.92. The molecule has 1 aliphatic heterocycles. The number of aliphatic carboxylic acids is 1. The Kier molecular flexibility index (Phi) is 1.59. The van der Waals surface area contributed by atoms with E-state index >= 15 is 0 Å². The summed E-state index contributed by atoms with van der Waals surface area (Å²) < 4.78 is 0. The van der Waals surface area contributed by atoms with Gasteiger partial charge in [-0.15, -0.1) is 0 Å². The van der Waals surface area contributed by atoms with E-state index in [1.165, 1.54) is 0 Å². The number of rotatable bonds is 1. The molecule has 2 heterocycles. The lowest BCUT2D eigenvalue weighted by molar-refractivity contribution is -0.138. The molecule has 0 saturated carbocycles. The smallest absolute Gasteiger partial charge is 0.328 e. The summed E-state index contributed by atoms with van der Waals surface area (Å²) in [6.45, 7) is 0. The van der Waals surface area contributed by atoms with Crippen LogP contribution < -0.4 is 10.6 Å². The van der Waals surface area contributed by atoms with Crippen LogP contribution in [0.3, 0.4) is 0 Å². The van der Waals surface area contributed by atoms with Gasteiger partial charge in [0.2, 0.25) is 0 Å². The Hall–Kier alpha value is -1.84. The number of H-pyrrole nitrogens is 1. The molecule has 2 aliphatic rings. The second-order valence-corrected chi connectivity index (χ2v) is 3.83. The van der Waals surface area contributed by atoms with Crippen LogP contribution in [-0.4, -0.2) is 27.8 Å². The number of aliphatic imine (C=N–C) groups is 1. The quantitative estimate of drug-likeness (QED) is 0.653. The zero-order valence-corrected chi connectivity index (χ0v) is 8.03. The van der Waals surface area contributed by atoms with Crippen LogP contribution in [0.15, 0.2) is 17.3 Å². The van der Waals surface area contributed by atoms with Gasteiger partial charge in [0.15, 0.2) is 6.04 Å². The minimum atomic E-state index is -0.832. The van der Waals surface area contributed by atoms with Crippen LogP contribution in [0.25, 0.3) is 11.6 Å². The van der Waals surface area contributed by atoms with E-state index in [0.717, 1.165) is 28.3 Å². The molecular formula is C11H10N2O2. The topological polar surface area (TPSA) is 65.4 Å². The van der Waals surface area contributed by atoms with Gasteiger partial charge in [0.25, 0.3) is 0 Å². The second kappa shape index (κ2) is 2.82. The number of carboxylic acids is 1. The molecule has 0 fully saturated rings. The van der Waals surface area contributed by atoms with E-state index in [0.29, 0.717) is 6.42 Å². The third-order valence-corrected chi connectivity index (χ3v) is 2.95. The predicted molar refractivity (Wildman–Crippen MR) is 56.0 cm³/mol. The van der Waals surface area contributed by atoms with Crippen molar-refractivity contribution in [2.75, 3.05) is 0 Å². The molecule has 15 heavy (non-hydrogen) atoms. The first kappa shape index (κ1) is 8.47. The Bertz CT molecular complexity index is 580. The predicted octanol–water partition coefficient (Wildman–Crippen LogP) is -0.353. The van der Waals surface area contributed by atoms with E-state index in [4.69, 9.17) is 5.11 Å². The molecule has 0 aromatic carbocycles. The lowest BCUT2D eigenvalue weighted by Crippen LogP contribution is -2.30. The lowest BCUT2D eigenvalue weighted by atomic mass is 9.99. The highest BCUT2D eigenvalue weighted by Crippen LogP contribution is 2.23. The average molecular weight is 202 g/mol. The molecule has 4 heteroatoms. The van der Waals surface area contributed by atoms with E-state index in [1.807, 2.05) is 12.3 Å². The second-order valence-electron chi connectivity index (χ2n) is 3.83. The van der Waals surface area contributed by atoms with Crippen molar-refractivity contribution < 1.29 is 9.90 Å². The summed E-state index contributed by atoms with van der Waals surface area (Å²) in [6, 6.07) is 1.41. The number of nitrogens with zero attached hydrogens (tertiary/aromatic N) is 1. The zero-order chi connectivity index (χ0) is 10.4. The maximum absolute atomic E-state index is 10.9. The number of aromatic nitrogens is 1. The molecule has 0 radical (unpaired) electrons. The molecule has 1 aromatic heterocycles. The van der Waals surface area contributed by atoms with Gasteiger partial charge >= 0.3 is 5.97 Å². The van der Waals surface area contributed by atoms with Crippen molar-refractivity contribution in [3.05, 3.63) is 22.8 Å². The molecule has 76 valence electrons. The maximum Gasteiger partial charge on any atom is 0.328 e. The Morgan fingerprint density at radius 1 is 1.60 bits per heavy atom. The lowest BCUT2D eigenvalue weighted by Gasteiger charge is -2.03. The van der Waals surface area contributed by atoms with Crippen molar-refractivity contribution in [1.29, 1.82) is 0 Å². The maximum atomic E-state index is 10.9. The highest BCUT2D eigenvalue weighted by atomic mass is 16.4. The largest absolute Gasteiger partial charge is 0.480 e. The minimum absolute atomic E-state index is 0.531. The van der Waals surface area contributed by atoms with E-state index < -0.39 is 12.0 Å². The molecule has 0 spiro atoms. The van der Waals surface area contributed by atoms with Gasteiger partial charge in [0, 0.05) is 35.3 Å². The van der Waals surface area contributed by atoms with Gasteiger partial charge in [0.05, 0.1) is 0 Å². The Morgan fingerprint density at radius 3 is 3.27 bits per heavy atom. The monoisotopic (exact) mass is 202 g/mol. The fraction of sp³-hybridized carbons (Fsp3) is 0.273. The van der Waals surface area contributed by atoms with Crippen LogP contribution in [0.2, 0.25) is 0 Å². The van der Waals surface area contributed by atoms with E-state index in [9.17, 15) is 4.79 Å². The number of nitrogens with one attached hydrogen (secondary N) is 1. The number of fused-ring (bicyclic) bond motifs is 2. The van der Waals surface area contributed by atoms with Gasteiger partial charge in [0.1, 0.15) is 0 Å². The summed E-state index contributed by atoms with van der Waals surface area (Å²) in [5.74, 6) is -0.832. The van der Waals surface area contributed by atoms with E-state index in [1.54, 1.807) is 0 Å². The highest BCUT2D eigenvalue weighted by Gasteiger charge is 2.28. The summed E-state index contributed by atoms with van der Waals surface area (Å²) in [5, 5.41) is 11.1. The van der Waals surface area contributed by atoms with Crippen LogP contribution in [-0.2, 0) is 4.79 Å². The van der Waals surface area contributed by atoms with Gasteiger partial charge in [-0.3, -0.25) is 4.99 Å². The van der Waals surface area contributed by atoms with Crippen LogP contribution in [0.4, 0.5) is 0 Å². The first-order valence-corrected chi connectivity index (χ1v) is 4.92. The zero-order valence-electron chi connectivity index (χ0n) is 8.03. The average Bonchev–Trinajstić information content (AvgIpc) is 2.82. The van der Waals surface area contributed by atoms with Crippen molar-refractivity contribution in [3.63, 3.8) is 0 Å². The van der Waals surface area contributed by atoms with Crippen molar-refractivity contribution in [2.45, 2.75) is 18.9 Å². The third kappa shape index (κ3) is 1.14. The first-order chi connectivity index (χ1) is 7.25. The van der Waals surface area contributed by atoms with Gasteiger partial charge in [-0.2, -0.15) is 0 Å². The Morgan fingerprint density at radius 2 is 2.47 bits per heavy atom. The summed E-state index contributed by atoms with van der Waals surface area (Å²) in [6.07, 6.45) is 5.21. The SMILES string of the molecule is O=C(O)C1CC2=c3cc[nH]c3=CCC2=N1. The van der Waals surface area contributed by atoms with E-state index in [2.05, 4.69) is 16.1 Å². The Labute approximate surface area is 85.7 Å². The standard InChI is InChI=1S/C11H10N2O2/c14-11(15)10-5-7-6-3-4-12-8(6)1-2-9(7)13-10/h1,3-4,10,12H,2,5H2,(H,14,15). The van der Waals surface area contributed by atoms with Crippen LogP contribution in [0.1, 0.15) is 12.8 Å². The van der Waals surface area contributed by atoms with Crippen molar-refractivity contribution >= 4 is 23.3 Å². The number of aromatic amines is 1. The molecule has 1 aromatic rings. The number of hydrogen-bond donors (Lipinski definition) is 2. The van der Waals surface area contributed by atoms with E-state index in [-0.39, 0.29) is 0 Å². The molecule has 2 N–H and O–H groups in total. The van der Waals surface area contributed by atoms with Gasteiger partial charge in [-0.1, -0.05) is 6.08 Å². The summed E-state index contributed by atoms with van der Waals surface area (Å²) >= 11 is 0. The molecule has 4 nitrogen and oxygen atoms in total. The third-order valence-electron chi connectivity index (χ3n) is 2.95. The molecule has 1 aliphatic carbocycles. The summed E-state index contributed by atoms with van der Waals surface area (Å²) in [5.41, 5.74) is 2.04. The number of carbonyl (C=O) groups is 1. The molecular weight excluding hydrogens is 192 g/mol. The summed E-state index contributed by atoms with van der Waals surface area (Å²) in [7, 11) is 0. The van der Waals surface area contributed by atoms with Crippen molar-refractivity contribution in [3.8, 4) is 0 Å². The van der Waals surface area contributed by atoms with Gasteiger partial charge in [-0.05, 0) is 11.6 Å². The van der Waals surface area contributed by atoms with Gasteiger partial charge < -0.3 is 10.1 Å². The van der Waals surface area contributed by atoms with Crippen molar-refractivity contribution in [1.82, 2.24) is 4.98 Å². The van der Waals surface area contributed by atoms with Crippen LogP contribution in [0, 0.1) is 0 Å². The highest BCUT2D eigenvalue weighted by molar-refractivity contribution is 6.23. The molecule has 0 bridgehead atoms. The van der Waals surface area contributed by atoms with Crippen LogP contribution >= 0.6 is 0 Å². The molecule has 0 amide bonds. The molecule has 1 atom stereocenters. The fourth-order valence-electron chi connectivity index (χ4n) is 2.22. The molecule has 3 rings (SSSR count). The Balaban J connectivity index is 2.20.